The standard InChI is InChI=1S/C6H8N2S2/c1-2-3-4-5(9)8-6(10)7-4/h2-4H,1H3,(H2,7,8,9,10)/b3-2+. The topological polar surface area (TPSA) is 24.1 Å². The molecule has 10 heavy (non-hydrogen) atoms. The number of rotatable bonds is 1. The molecule has 1 unspecified atom stereocenters. The maximum Gasteiger partial charge on any atom is 0.172 e. The Bertz CT molecular complexity index is 198. The first-order valence-corrected chi connectivity index (χ1v) is 3.80. The molecule has 0 aromatic carbocycles. The highest BCUT2D eigenvalue weighted by Gasteiger charge is 2.19. The van der Waals surface area contributed by atoms with Crippen LogP contribution in [0.15, 0.2) is 12.2 Å². The minimum Gasteiger partial charge on any atom is -0.350 e. The van der Waals surface area contributed by atoms with E-state index in [1.54, 1.807) is 0 Å². The summed E-state index contributed by atoms with van der Waals surface area (Å²) in [5.41, 5.74) is 0. The van der Waals surface area contributed by atoms with E-state index in [0.717, 1.165) is 4.99 Å². The van der Waals surface area contributed by atoms with Gasteiger partial charge < -0.3 is 10.6 Å². The van der Waals surface area contributed by atoms with Gasteiger partial charge >= 0.3 is 0 Å². The van der Waals surface area contributed by atoms with Crippen molar-refractivity contribution in [1.29, 1.82) is 0 Å². The molecule has 54 valence electrons. The van der Waals surface area contributed by atoms with E-state index in [1.807, 2.05) is 19.1 Å². The molecule has 2 N–H and O–H groups in total. The van der Waals surface area contributed by atoms with Gasteiger partial charge in [-0.25, -0.2) is 0 Å². The van der Waals surface area contributed by atoms with E-state index in [1.165, 1.54) is 0 Å². The molecule has 1 rings (SSSR count). The van der Waals surface area contributed by atoms with Crippen LogP contribution in [0.1, 0.15) is 6.92 Å². The van der Waals surface area contributed by atoms with E-state index >= 15 is 0 Å². The summed E-state index contributed by atoms with van der Waals surface area (Å²) in [6.45, 7) is 1.95. The highest BCUT2D eigenvalue weighted by molar-refractivity contribution is 7.82. The SMILES string of the molecule is C/C=C/C1NC(=S)NC1=S. The Morgan fingerprint density at radius 3 is 2.60 bits per heavy atom. The number of nitrogens with one attached hydrogen (secondary N) is 2. The van der Waals surface area contributed by atoms with Crippen LogP contribution in [0.25, 0.3) is 0 Å². The van der Waals surface area contributed by atoms with Gasteiger partial charge in [0.1, 0.15) is 4.99 Å². The quantitative estimate of drug-likeness (QED) is 0.450. The first-order chi connectivity index (χ1) is 4.74. The van der Waals surface area contributed by atoms with Crippen molar-refractivity contribution in [3.05, 3.63) is 12.2 Å². The second-order valence-electron chi connectivity index (χ2n) is 1.97. The van der Waals surface area contributed by atoms with E-state index in [2.05, 4.69) is 10.6 Å². The van der Waals surface area contributed by atoms with Crippen molar-refractivity contribution in [3.63, 3.8) is 0 Å². The van der Waals surface area contributed by atoms with Crippen LogP contribution in [0.5, 0.6) is 0 Å². The Hall–Kier alpha value is -0.480. The van der Waals surface area contributed by atoms with Gasteiger partial charge in [0.05, 0.1) is 6.04 Å². The van der Waals surface area contributed by atoms with Gasteiger partial charge in [-0.05, 0) is 19.1 Å². The molecule has 0 spiro atoms. The molecule has 0 aromatic rings. The van der Waals surface area contributed by atoms with Gasteiger partial charge in [-0.2, -0.15) is 0 Å². The lowest BCUT2D eigenvalue weighted by Gasteiger charge is -1.99. The van der Waals surface area contributed by atoms with Crippen molar-refractivity contribution >= 4 is 34.5 Å². The summed E-state index contributed by atoms with van der Waals surface area (Å²) < 4.78 is 0. The molecule has 0 aromatic heterocycles. The van der Waals surface area contributed by atoms with E-state index in [0.29, 0.717) is 5.11 Å². The molecule has 2 nitrogen and oxygen atoms in total. The van der Waals surface area contributed by atoms with Gasteiger partial charge in [0.25, 0.3) is 0 Å². The molecular weight excluding hydrogens is 164 g/mol. The number of thiocarbonyl (C=S) groups is 2. The Balaban J connectivity index is 2.63. The van der Waals surface area contributed by atoms with E-state index in [4.69, 9.17) is 24.4 Å². The van der Waals surface area contributed by atoms with Crippen molar-refractivity contribution in [2.45, 2.75) is 13.0 Å². The predicted molar refractivity (Wildman–Crippen MR) is 50.1 cm³/mol. The highest BCUT2D eigenvalue weighted by Crippen LogP contribution is 1.96. The van der Waals surface area contributed by atoms with Crippen LogP contribution in [0.4, 0.5) is 0 Å². The van der Waals surface area contributed by atoms with Crippen LogP contribution < -0.4 is 10.6 Å². The number of hydrogen-bond donors (Lipinski definition) is 2. The van der Waals surface area contributed by atoms with E-state index < -0.39 is 0 Å². The molecule has 1 fully saturated rings. The second-order valence-corrected chi connectivity index (χ2v) is 2.81. The van der Waals surface area contributed by atoms with Crippen LogP contribution in [0, 0.1) is 0 Å². The van der Waals surface area contributed by atoms with E-state index in [9.17, 15) is 0 Å². The van der Waals surface area contributed by atoms with Gasteiger partial charge in [0, 0.05) is 0 Å². The first-order valence-electron chi connectivity index (χ1n) is 2.98. The summed E-state index contributed by atoms with van der Waals surface area (Å²) in [4.78, 5) is 0.753. The van der Waals surface area contributed by atoms with Gasteiger partial charge in [0.2, 0.25) is 0 Å². The molecule has 4 heteroatoms. The number of allylic oxidation sites excluding steroid dienone is 1. The minimum absolute atomic E-state index is 0.104. The molecule has 1 atom stereocenters. The third-order valence-corrected chi connectivity index (χ3v) is 1.77. The third-order valence-electron chi connectivity index (χ3n) is 1.19. The van der Waals surface area contributed by atoms with Gasteiger partial charge in [-0.3, -0.25) is 0 Å². The minimum atomic E-state index is 0.104. The van der Waals surface area contributed by atoms with Crippen molar-refractivity contribution in [3.8, 4) is 0 Å². The second kappa shape index (κ2) is 3.07. The molecule has 1 heterocycles. The van der Waals surface area contributed by atoms with Gasteiger partial charge in [-0.1, -0.05) is 24.4 Å². The van der Waals surface area contributed by atoms with Crippen LogP contribution in [-0.2, 0) is 0 Å². The zero-order valence-electron chi connectivity index (χ0n) is 5.55. The molecule has 1 aliphatic rings. The van der Waals surface area contributed by atoms with Crippen LogP contribution >= 0.6 is 24.4 Å². The highest BCUT2D eigenvalue weighted by atomic mass is 32.1. The van der Waals surface area contributed by atoms with E-state index in [-0.39, 0.29) is 6.04 Å². The lowest BCUT2D eigenvalue weighted by Crippen LogP contribution is -2.25. The first kappa shape index (κ1) is 7.63. The van der Waals surface area contributed by atoms with Crippen molar-refractivity contribution in [1.82, 2.24) is 10.6 Å². The maximum absolute atomic E-state index is 4.97. The summed E-state index contributed by atoms with van der Waals surface area (Å²) in [5, 5.41) is 6.47. The molecule has 1 saturated heterocycles. The molecule has 0 amide bonds. The Kier molecular flexibility index (Phi) is 2.34. The zero-order chi connectivity index (χ0) is 7.56. The van der Waals surface area contributed by atoms with Gasteiger partial charge in [0.15, 0.2) is 5.11 Å². The van der Waals surface area contributed by atoms with Crippen LogP contribution in [0.3, 0.4) is 0 Å². The van der Waals surface area contributed by atoms with Crippen molar-refractivity contribution < 1.29 is 0 Å². The molecule has 0 bridgehead atoms. The largest absolute Gasteiger partial charge is 0.350 e. The Morgan fingerprint density at radius 2 is 2.20 bits per heavy atom. The fourth-order valence-corrected chi connectivity index (χ4v) is 1.30. The smallest absolute Gasteiger partial charge is 0.172 e. The Morgan fingerprint density at radius 1 is 1.50 bits per heavy atom. The van der Waals surface area contributed by atoms with Gasteiger partial charge in [-0.15, -0.1) is 0 Å². The summed E-state index contributed by atoms with van der Waals surface area (Å²) in [7, 11) is 0. The molecule has 0 aliphatic carbocycles. The van der Waals surface area contributed by atoms with Crippen molar-refractivity contribution in [2.24, 2.45) is 0 Å². The zero-order valence-corrected chi connectivity index (χ0v) is 7.18. The predicted octanol–water partition coefficient (Wildman–Crippen LogP) is 0.736. The van der Waals surface area contributed by atoms with Crippen molar-refractivity contribution in [2.75, 3.05) is 0 Å². The monoisotopic (exact) mass is 172 g/mol. The lowest BCUT2D eigenvalue weighted by molar-refractivity contribution is 0.978. The number of hydrogen-bond acceptors (Lipinski definition) is 2. The fraction of sp³-hybridized carbons (Fsp3) is 0.333. The van der Waals surface area contributed by atoms with Crippen LogP contribution in [-0.4, -0.2) is 16.1 Å². The summed E-state index contributed by atoms with van der Waals surface area (Å²) >= 11 is 9.81. The summed E-state index contributed by atoms with van der Waals surface area (Å²) in [5.74, 6) is 0. The maximum atomic E-state index is 4.97. The average Bonchev–Trinajstić information content (AvgIpc) is 2.13. The third kappa shape index (κ3) is 1.52. The lowest BCUT2D eigenvalue weighted by atomic mass is 10.3. The van der Waals surface area contributed by atoms with Crippen LogP contribution in [0.2, 0.25) is 0 Å². The summed E-state index contributed by atoms with van der Waals surface area (Å²) in [6, 6.07) is 0.104. The molecule has 0 radical (unpaired) electrons. The molecule has 1 aliphatic heterocycles. The Labute approximate surface area is 70.7 Å². The molecular formula is C6H8N2S2. The summed E-state index contributed by atoms with van der Waals surface area (Å²) in [6.07, 6.45) is 3.91. The molecule has 0 saturated carbocycles. The normalized spacial score (nSPS) is 25.1. The average molecular weight is 172 g/mol. The fourth-order valence-electron chi connectivity index (χ4n) is 0.760.